The van der Waals surface area contributed by atoms with Crippen LogP contribution in [0.5, 0.6) is 0 Å². The van der Waals surface area contributed by atoms with Gasteiger partial charge in [-0.3, -0.25) is 4.99 Å². The Hall–Kier alpha value is -2.43. The Morgan fingerprint density at radius 2 is 1.86 bits per heavy atom. The molecule has 1 aromatic heterocycles. The second-order valence-electron chi connectivity index (χ2n) is 6.78. The van der Waals surface area contributed by atoms with Crippen molar-refractivity contribution < 1.29 is 17.7 Å². The lowest BCUT2D eigenvalue weighted by Crippen LogP contribution is -2.53. The summed E-state index contributed by atoms with van der Waals surface area (Å²) in [6.07, 6.45) is 1.38. The largest absolute Gasteiger partial charge is 0.380 e. The van der Waals surface area contributed by atoms with Gasteiger partial charge < -0.3 is 19.5 Å². The Morgan fingerprint density at radius 1 is 1.17 bits per heavy atom. The molecule has 0 saturated carbocycles. The number of hydrogen-bond acceptors (Lipinski definition) is 6. The number of rotatable bonds is 7. The molecular weight excluding hydrogens is 394 g/mol. The number of aliphatic imine (C=N–C) groups is 1. The molecule has 1 aliphatic heterocycles. The highest BCUT2D eigenvalue weighted by molar-refractivity contribution is 7.88. The van der Waals surface area contributed by atoms with Gasteiger partial charge in [-0.05, 0) is 11.1 Å². The predicted octanol–water partition coefficient (Wildman–Crippen LogP) is 1.04. The first-order valence-electron chi connectivity index (χ1n) is 9.41. The monoisotopic (exact) mass is 421 g/mol. The maximum absolute atomic E-state index is 12.6. The number of hydrogen-bond donors (Lipinski definition) is 1. The fourth-order valence-corrected chi connectivity index (χ4v) is 4.63. The van der Waals surface area contributed by atoms with Crippen molar-refractivity contribution in [1.29, 1.82) is 0 Å². The van der Waals surface area contributed by atoms with Gasteiger partial charge in [0.1, 0.15) is 12.0 Å². The molecule has 0 amide bonds. The zero-order valence-electron chi connectivity index (χ0n) is 16.7. The summed E-state index contributed by atoms with van der Waals surface area (Å²) in [7, 11) is 0.000562. The Balaban J connectivity index is 1.50. The van der Waals surface area contributed by atoms with E-state index in [1.54, 1.807) is 20.2 Å². The van der Waals surface area contributed by atoms with Gasteiger partial charge >= 0.3 is 0 Å². The van der Waals surface area contributed by atoms with Crippen molar-refractivity contribution in [3.8, 4) is 0 Å². The van der Waals surface area contributed by atoms with Gasteiger partial charge in [0, 0.05) is 52.9 Å². The second-order valence-corrected chi connectivity index (χ2v) is 8.75. The summed E-state index contributed by atoms with van der Waals surface area (Å²) in [4.78, 5) is 6.41. The Morgan fingerprint density at radius 3 is 2.45 bits per heavy atom. The highest BCUT2D eigenvalue weighted by Crippen LogP contribution is 2.13. The van der Waals surface area contributed by atoms with Crippen LogP contribution in [0.1, 0.15) is 16.8 Å². The van der Waals surface area contributed by atoms with Crippen LogP contribution in [0.4, 0.5) is 0 Å². The van der Waals surface area contributed by atoms with Crippen molar-refractivity contribution in [3.63, 3.8) is 0 Å². The van der Waals surface area contributed by atoms with E-state index in [1.807, 2.05) is 12.1 Å². The molecule has 0 radical (unpaired) electrons. The van der Waals surface area contributed by atoms with E-state index in [4.69, 9.17) is 9.26 Å². The first-order chi connectivity index (χ1) is 14.0. The number of aromatic nitrogens is 1. The Bertz CT molecular complexity index is 889. The van der Waals surface area contributed by atoms with E-state index in [0.717, 1.165) is 17.1 Å². The van der Waals surface area contributed by atoms with Crippen molar-refractivity contribution in [2.45, 2.75) is 18.9 Å². The molecule has 1 N–H and O–H groups in total. The van der Waals surface area contributed by atoms with Crippen molar-refractivity contribution in [3.05, 3.63) is 53.4 Å². The summed E-state index contributed by atoms with van der Waals surface area (Å²) < 4.78 is 36.5. The van der Waals surface area contributed by atoms with E-state index < -0.39 is 10.0 Å². The number of sulfonamides is 1. The average Bonchev–Trinajstić information content (AvgIpc) is 3.22. The molecule has 29 heavy (non-hydrogen) atoms. The molecule has 158 valence electrons. The van der Waals surface area contributed by atoms with E-state index >= 15 is 0 Å². The normalized spacial score (nSPS) is 16.2. The molecule has 0 unspecified atom stereocenters. The molecule has 3 rings (SSSR count). The van der Waals surface area contributed by atoms with Gasteiger partial charge in [0.2, 0.25) is 10.0 Å². The number of methoxy groups -OCH3 is 1. The average molecular weight is 422 g/mol. The third-order valence-corrected chi connectivity index (χ3v) is 6.56. The topological polar surface area (TPSA) is 100 Å². The summed E-state index contributed by atoms with van der Waals surface area (Å²) in [6, 6.07) is 9.77. The van der Waals surface area contributed by atoms with Crippen LogP contribution in [0, 0.1) is 0 Å². The lowest BCUT2D eigenvalue weighted by atomic mass is 10.1. The van der Waals surface area contributed by atoms with Crippen LogP contribution in [0.25, 0.3) is 0 Å². The van der Waals surface area contributed by atoms with Gasteiger partial charge in [-0.2, -0.15) is 4.31 Å². The Kier molecular flexibility index (Phi) is 7.24. The van der Waals surface area contributed by atoms with Gasteiger partial charge in [-0.1, -0.05) is 29.4 Å². The fourth-order valence-electron chi connectivity index (χ4n) is 3.20. The minimum absolute atomic E-state index is 0.143. The standard InChI is InChI=1S/C19H27N5O4S/c1-20-19(21-13-16-3-5-17(6-4-16)14-27-2)23-8-10-24(11-9-23)29(25,26)15-18-7-12-28-22-18/h3-7,12H,8-11,13-15H2,1-2H3,(H,20,21). The molecule has 1 saturated heterocycles. The summed E-state index contributed by atoms with van der Waals surface area (Å²) in [5, 5.41) is 7.05. The number of guanidine groups is 1. The van der Waals surface area contributed by atoms with E-state index in [2.05, 4.69) is 32.5 Å². The van der Waals surface area contributed by atoms with E-state index in [9.17, 15) is 8.42 Å². The molecule has 0 aliphatic carbocycles. The van der Waals surface area contributed by atoms with E-state index in [0.29, 0.717) is 45.0 Å². The zero-order valence-corrected chi connectivity index (χ0v) is 17.6. The second kappa shape index (κ2) is 9.86. The third kappa shape index (κ3) is 5.78. The van der Waals surface area contributed by atoms with Crippen molar-refractivity contribution >= 4 is 16.0 Å². The lowest BCUT2D eigenvalue weighted by molar-refractivity contribution is 0.185. The van der Waals surface area contributed by atoms with E-state index in [-0.39, 0.29) is 5.75 Å². The summed E-state index contributed by atoms with van der Waals surface area (Å²) in [6.45, 7) is 3.21. The van der Waals surface area contributed by atoms with Crippen LogP contribution in [-0.2, 0) is 33.7 Å². The van der Waals surface area contributed by atoms with Gasteiger partial charge in [0.15, 0.2) is 5.96 Å². The quantitative estimate of drug-likeness (QED) is 0.527. The number of piperazine rings is 1. The summed E-state index contributed by atoms with van der Waals surface area (Å²) in [5.74, 6) is 0.620. The number of ether oxygens (including phenoxy) is 1. The Labute approximate surface area is 171 Å². The number of nitrogens with one attached hydrogen (secondary N) is 1. The molecule has 0 bridgehead atoms. The van der Waals surface area contributed by atoms with Crippen LogP contribution in [0.3, 0.4) is 0 Å². The first kappa shape index (κ1) is 21.3. The number of benzene rings is 1. The molecule has 1 aromatic carbocycles. The molecule has 2 aromatic rings. The van der Waals surface area contributed by atoms with Gasteiger partial charge in [-0.15, -0.1) is 0 Å². The van der Waals surface area contributed by atoms with Gasteiger partial charge in [0.05, 0.1) is 12.3 Å². The van der Waals surface area contributed by atoms with Crippen molar-refractivity contribution in [1.82, 2.24) is 19.7 Å². The fraction of sp³-hybridized carbons (Fsp3) is 0.474. The molecule has 1 aliphatic rings. The van der Waals surface area contributed by atoms with Crippen LogP contribution >= 0.6 is 0 Å². The van der Waals surface area contributed by atoms with Crippen LogP contribution < -0.4 is 5.32 Å². The molecule has 0 atom stereocenters. The third-order valence-electron chi connectivity index (χ3n) is 4.75. The maximum Gasteiger partial charge on any atom is 0.220 e. The minimum Gasteiger partial charge on any atom is -0.380 e. The molecule has 0 spiro atoms. The van der Waals surface area contributed by atoms with Gasteiger partial charge in [0.25, 0.3) is 0 Å². The zero-order chi connectivity index (χ0) is 20.7. The molecule has 1 fully saturated rings. The lowest BCUT2D eigenvalue weighted by Gasteiger charge is -2.35. The molecular formula is C19H27N5O4S. The smallest absolute Gasteiger partial charge is 0.220 e. The van der Waals surface area contributed by atoms with Gasteiger partial charge in [-0.25, -0.2) is 8.42 Å². The van der Waals surface area contributed by atoms with Crippen molar-refractivity contribution in [2.75, 3.05) is 40.3 Å². The molecule has 10 heteroatoms. The maximum atomic E-state index is 12.6. The van der Waals surface area contributed by atoms with Crippen LogP contribution in [0.2, 0.25) is 0 Å². The predicted molar refractivity (Wildman–Crippen MR) is 110 cm³/mol. The highest BCUT2D eigenvalue weighted by atomic mass is 32.2. The summed E-state index contributed by atoms with van der Waals surface area (Å²) in [5.41, 5.74) is 2.69. The van der Waals surface area contributed by atoms with E-state index in [1.165, 1.54) is 10.6 Å². The SMILES string of the molecule is CN=C(NCc1ccc(COC)cc1)N1CCN(S(=O)(=O)Cc2ccon2)CC1. The highest BCUT2D eigenvalue weighted by Gasteiger charge is 2.28. The number of nitrogens with zero attached hydrogens (tertiary/aromatic N) is 4. The minimum atomic E-state index is -3.41. The van der Waals surface area contributed by atoms with Crippen molar-refractivity contribution in [2.24, 2.45) is 4.99 Å². The summed E-state index contributed by atoms with van der Waals surface area (Å²) >= 11 is 0. The molecule has 2 heterocycles. The molecule has 9 nitrogen and oxygen atoms in total. The van der Waals surface area contributed by atoms with Crippen LogP contribution in [-0.4, -0.2) is 69.1 Å². The van der Waals surface area contributed by atoms with Crippen LogP contribution in [0.15, 0.2) is 46.1 Å². The first-order valence-corrected chi connectivity index (χ1v) is 11.0.